The van der Waals surface area contributed by atoms with Gasteiger partial charge in [-0.3, -0.25) is 4.79 Å². The summed E-state index contributed by atoms with van der Waals surface area (Å²) in [5.74, 6) is 0.436. The molecule has 1 unspecified atom stereocenters. The van der Waals surface area contributed by atoms with Gasteiger partial charge in [-0.15, -0.1) is 11.3 Å². The number of hydrogen-bond acceptors (Lipinski definition) is 5. The van der Waals surface area contributed by atoms with Gasteiger partial charge in [-0.05, 0) is 12.8 Å². The smallest absolute Gasteiger partial charge is 0.311 e. The van der Waals surface area contributed by atoms with E-state index in [-0.39, 0.29) is 12.4 Å². The van der Waals surface area contributed by atoms with Crippen molar-refractivity contribution in [2.24, 2.45) is 5.92 Å². The lowest BCUT2D eigenvalue weighted by atomic mass is 10.1. The third kappa shape index (κ3) is 4.64. The Balaban J connectivity index is 2.54. The molecule has 0 aliphatic heterocycles. The Morgan fingerprint density at radius 2 is 2.28 bits per heavy atom. The highest BCUT2D eigenvalue weighted by Gasteiger charge is 2.12. The molecule has 0 saturated carbocycles. The average Bonchev–Trinajstić information content (AvgIpc) is 2.77. The van der Waals surface area contributed by atoms with Crippen molar-refractivity contribution in [3.8, 4) is 0 Å². The topological polar surface area (TPSA) is 42.4 Å². The van der Waals surface area contributed by atoms with Gasteiger partial charge >= 0.3 is 5.97 Å². The van der Waals surface area contributed by atoms with Crippen molar-refractivity contribution in [1.29, 1.82) is 0 Å². The number of rotatable bonds is 7. The lowest BCUT2D eigenvalue weighted by molar-refractivity contribution is -0.142. The Bertz CT molecular complexity index is 379. The number of hydrogen-bond donors (Lipinski definition) is 0. The summed E-state index contributed by atoms with van der Waals surface area (Å²) in [4.78, 5) is 18.0. The van der Waals surface area contributed by atoms with Gasteiger partial charge in [0.25, 0.3) is 0 Å². The summed E-state index contributed by atoms with van der Waals surface area (Å²) >= 11 is 1.58. The Labute approximate surface area is 113 Å². The Hall–Kier alpha value is -1.10. The predicted molar refractivity (Wildman–Crippen MR) is 75.2 cm³/mol. The van der Waals surface area contributed by atoms with Crippen LogP contribution in [-0.2, 0) is 16.0 Å². The Morgan fingerprint density at radius 3 is 2.89 bits per heavy atom. The first kappa shape index (κ1) is 15.0. The van der Waals surface area contributed by atoms with Crippen molar-refractivity contribution < 1.29 is 9.53 Å². The number of aromatic nitrogens is 1. The maximum Gasteiger partial charge on any atom is 0.311 e. The lowest BCUT2D eigenvalue weighted by Gasteiger charge is -2.19. The molecule has 0 aromatic carbocycles. The fourth-order valence-corrected chi connectivity index (χ4v) is 2.39. The van der Waals surface area contributed by atoms with Gasteiger partial charge in [-0.25, -0.2) is 4.98 Å². The summed E-state index contributed by atoms with van der Waals surface area (Å²) in [5.41, 5.74) is 0.796. The molecule has 4 nitrogen and oxygen atoms in total. The summed E-state index contributed by atoms with van der Waals surface area (Å²) in [6.45, 7) is 7.63. The Kier molecular flexibility index (Phi) is 6.12. The van der Waals surface area contributed by atoms with Gasteiger partial charge in [-0.2, -0.15) is 0 Å². The van der Waals surface area contributed by atoms with Crippen LogP contribution in [0, 0.1) is 5.92 Å². The number of thiazole rings is 1. The SMILES string of the molecule is CCOC(=O)Cc1csc(N(C)CC(C)CC)n1. The van der Waals surface area contributed by atoms with Crippen molar-refractivity contribution in [3.05, 3.63) is 11.1 Å². The standard InChI is InChI=1S/C13H22N2O2S/c1-5-10(3)8-15(4)13-14-11(9-18-13)7-12(16)17-6-2/h9-10H,5-8H2,1-4H3. The van der Waals surface area contributed by atoms with Crippen molar-refractivity contribution in [1.82, 2.24) is 4.98 Å². The zero-order valence-corrected chi connectivity index (χ0v) is 12.4. The van der Waals surface area contributed by atoms with Gasteiger partial charge < -0.3 is 9.64 Å². The van der Waals surface area contributed by atoms with Crippen LogP contribution in [0.2, 0.25) is 0 Å². The molecule has 0 aliphatic carbocycles. The summed E-state index contributed by atoms with van der Waals surface area (Å²) in [6.07, 6.45) is 1.42. The lowest BCUT2D eigenvalue weighted by Crippen LogP contribution is -2.23. The maximum atomic E-state index is 11.3. The van der Waals surface area contributed by atoms with E-state index in [0.29, 0.717) is 12.5 Å². The van der Waals surface area contributed by atoms with Crippen LogP contribution in [0.4, 0.5) is 5.13 Å². The minimum Gasteiger partial charge on any atom is -0.466 e. The number of carbonyl (C=O) groups excluding carboxylic acids is 1. The van der Waals surface area contributed by atoms with Gasteiger partial charge in [0.15, 0.2) is 5.13 Å². The molecule has 0 aliphatic rings. The molecule has 18 heavy (non-hydrogen) atoms. The van der Waals surface area contributed by atoms with E-state index in [1.54, 1.807) is 11.3 Å². The monoisotopic (exact) mass is 270 g/mol. The van der Waals surface area contributed by atoms with Crippen LogP contribution in [0.5, 0.6) is 0 Å². The molecule has 1 atom stereocenters. The zero-order chi connectivity index (χ0) is 13.5. The van der Waals surface area contributed by atoms with Gasteiger partial charge in [0, 0.05) is 19.0 Å². The second-order valence-corrected chi connectivity index (χ2v) is 5.33. The van der Waals surface area contributed by atoms with Crippen molar-refractivity contribution >= 4 is 22.4 Å². The molecule has 5 heteroatoms. The first-order valence-corrected chi connectivity index (χ1v) is 7.25. The van der Waals surface area contributed by atoms with E-state index in [0.717, 1.165) is 23.8 Å². The largest absolute Gasteiger partial charge is 0.466 e. The molecule has 0 saturated heterocycles. The summed E-state index contributed by atoms with van der Waals surface area (Å²) in [6, 6.07) is 0. The van der Waals surface area contributed by atoms with Gasteiger partial charge in [0.2, 0.25) is 0 Å². The molecule has 1 heterocycles. The normalized spacial score (nSPS) is 12.2. The first-order chi connectivity index (χ1) is 8.56. The Morgan fingerprint density at radius 1 is 1.56 bits per heavy atom. The number of ether oxygens (including phenoxy) is 1. The summed E-state index contributed by atoms with van der Waals surface area (Å²) in [5, 5.41) is 2.90. The van der Waals surface area contributed by atoms with Crippen LogP contribution in [-0.4, -0.2) is 31.2 Å². The number of carbonyl (C=O) groups is 1. The van der Waals surface area contributed by atoms with Crippen LogP contribution in [0.1, 0.15) is 32.9 Å². The minimum absolute atomic E-state index is 0.209. The van der Waals surface area contributed by atoms with E-state index in [2.05, 4.69) is 23.7 Å². The van der Waals surface area contributed by atoms with Crippen molar-refractivity contribution in [2.75, 3.05) is 25.1 Å². The molecular weight excluding hydrogens is 248 g/mol. The highest BCUT2D eigenvalue weighted by atomic mass is 32.1. The third-order valence-corrected chi connectivity index (χ3v) is 3.78. The molecule has 1 rings (SSSR count). The fraction of sp³-hybridized carbons (Fsp3) is 0.692. The van der Waals surface area contributed by atoms with Crippen molar-refractivity contribution in [3.63, 3.8) is 0 Å². The molecule has 1 aromatic heterocycles. The second-order valence-electron chi connectivity index (χ2n) is 4.50. The van der Waals surface area contributed by atoms with Gasteiger partial charge in [-0.1, -0.05) is 20.3 Å². The summed E-state index contributed by atoms with van der Waals surface area (Å²) < 4.78 is 4.91. The second kappa shape index (κ2) is 7.36. The van der Waals surface area contributed by atoms with Crippen LogP contribution < -0.4 is 4.90 Å². The van der Waals surface area contributed by atoms with E-state index in [1.165, 1.54) is 0 Å². The average molecular weight is 270 g/mol. The zero-order valence-electron chi connectivity index (χ0n) is 11.6. The van der Waals surface area contributed by atoms with Crippen LogP contribution in [0.15, 0.2) is 5.38 Å². The molecule has 0 N–H and O–H groups in total. The summed E-state index contributed by atoms with van der Waals surface area (Å²) in [7, 11) is 2.04. The molecule has 0 amide bonds. The van der Waals surface area contributed by atoms with Crippen molar-refractivity contribution in [2.45, 2.75) is 33.6 Å². The van der Waals surface area contributed by atoms with E-state index >= 15 is 0 Å². The van der Waals surface area contributed by atoms with Gasteiger partial charge in [0.1, 0.15) is 0 Å². The molecule has 102 valence electrons. The molecule has 0 radical (unpaired) electrons. The third-order valence-electron chi connectivity index (χ3n) is 2.78. The van der Waals surface area contributed by atoms with E-state index in [1.807, 2.05) is 19.4 Å². The molecule has 0 fully saturated rings. The van der Waals surface area contributed by atoms with Crippen LogP contribution in [0.25, 0.3) is 0 Å². The number of nitrogens with zero attached hydrogens (tertiary/aromatic N) is 2. The van der Waals surface area contributed by atoms with Crippen LogP contribution in [0.3, 0.4) is 0 Å². The van der Waals surface area contributed by atoms with E-state index in [9.17, 15) is 4.79 Å². The molecule has 0 spiro atoms. The first-order valence-electron chi connectivity index (χ1n) is 6.37. The number of anilines is 1. The maximum absolute atomic E-state index is 11.3. The van der Waals surface area contributed by atoms with E-state index < -0.39 is 0 Å². The van der Waals surface area contributed by atoms with Crippen LogP contribution >= 0.6 is 11.3 Å². The molecule has 1 aromatic rings. The quantitative estimate of drug-likeness (QED) is 0.714. The molecular formula is C13H22N2O2S. The van der Waals surface area contributed by atoms with Gasteiger partial charge in [0.05, 0.1) is 18.7 Å². The fourth-order valence-electron chi connectivity index (χ4n) is 1.59. The number of esters is 1. The van der Waals surface area contributed by atoms with E-state index in [4.69, 9.17) is 4.74 Å². The highest BCUT2D eigenvalue weighted by molar-refractivity contribution is 7.13. The predicted octanol–water partition coefficient (Wildman–Crippen LogP) is 2.73. The molecule has 0 bridgehead atoms. The minimum atomic E-state index is -0.209. The highest BCUT2D eigenvalue weighted by Crippen LogP contribution is 2.21.